The molecule has 1 rings (SSSR count). The predicted octanol–water partition coefficient (Wildman–Crippen LogP) is 0.401. The Hall–Kier alpha value is -1.17. The topological polar surface area (TPSA) is 71.5 Å². The van der Waals surface area contributed by atoms with Crippen LogP contribution in [-0.4, -0.2) is 29.2 Å². The van der Waals surface area contributed by atoms with Crippen LogP contribution >= 0.6 is 11.8 Å². The van der Waals surface area contributed by atoms with Crippen LogP contribution in [0, 0.1) is 0 Å². The maximum Gasteiger partial charge on any atom is 0.324 e. The largest absolute Gasteiger partial charge is 0.468 e. The third-order valence-corrected chi connectivity index (χ3v) is 2.36. The van der Waals surface area contributed by atoms with Crippen molar-refractivity contribution >= 4 is 17.7 Å². The van der Waals surface area contributed by atoms with Gasteiger partial charge in [-0.25, -0.2) is 4.84 Å². The van der Waals surface area contributed by atoms with Crippen molar-refractivity contribution in [1.29, 1.82) is 0 Å². The van der Waals surface area contributed by atoms with E-state index in [0.717, 1.165) is 5.56 Å². The summed E-state index contributed by atoms with van der Waals surface area (Å²) in [6.07, 6.45) is 1.89. The van der Waals surface area contributed by atoms with E-state index in [4.69, 9.17) is 16.9 Å². The van der Waals surface area contributed by atoms with E-state index >= 15 is 0 Å². The summed E-state index contributed by atoms with van der Waals surface area (Å²) in [4.78, 5) is 17.7. The van der Waals surface area contributed by atoms with E-state index < -0.39 is 12.0 Å². The van der Waals surface area contributed by atoms with Gasteiger partial charge in [0, 0.05) is 18.3 Å². The van der Waals surface area contributed by atoms with Crippen LogP contribution in [0.1, 0.15) is 11.3 Å². The number of esters is 1. The highest BCUT2D eigenvalue weighted by Crippen LogP contribution is 2.04. The van der Waals surface area contributed by atoms with Crippen LogP contribution in [0.15, 0.2) is 18.3 Å². The Morgan fingerprint density at radius 3 is 2.88 bits per heavy atom. The second-order valence-electron chi connectivity index (χ2n) is 3.20. The molecule has 0 saturated carbocycles. The minimum absolute atomic E-state index is 0.0541. The zero-order chi connectivity index (χ0) is 12.0. The van der Waals surface area contributed by atoms with Crippen LogP contribution in [-0.2, 0) is 22.6 Å². The molecule has 16 heavy (non-hydrogen) atoms. The molecule has 1 heterocycles. The summed E-state index contributed by atoms with van der Waals surface area (Å²) in [5, 5.41) is 8.84. The van der Waals surface area contributed by atoms with Gasteiger partial charge in [-0.3, -0.25) is 9.78 Å². The van der Waals surface area contributed by atoms with Crippen molar-refractivity contribution < 1.29 is 14.6 Å². The third-order valence-electron chi connectivity index (χ3n) is 2.10. The maximum absolute atomic E-state index is 11.2. The lowest BCUT2D eigenvalue weighted by molar-refractivity contribution is -0.142. The van der Waals surface area contributed by atoms with E-state index in [9.17, 15) is 4.79 Å². The summed E-state index contributed by atoms with van der Waals surface area (Å²) in [7, 11) is 1.30. The Labute approximate surface area is 98.5 Å². The highest BCUT2D eigenvalue weighted by molar-refractivity contribution is 6.14. The predicted molar refractivity (Wildman–Crippen MR) is 58.7 cm³/mol. The van der Waals surface area contributed by atoms with Gasteiger partial charge in [0.05, 0.1) is 13.7 Å². The smallest absolute Gasteiger partial charge is 0.324 e. The lowest BCUT2D eigenvalue weighted by Crippen LogP contribution is -2.34. The van der Waals surface area contributed by atoms with Crippen molar-refractivity contribution in [3.05, 3.63) is 29.6 Å². The first-order valence-electron chi connectivity index (χ1n) is 4.70. The molecule has 0 spiro atoms. The van der Waals surface area contributed by atoms with Gasteiger partial charge < -0.3 is 9.84 Å². The first-order valence-corrected chi connectivity index (χ1v) is 5.07. The lowest BCUT2D eigenvalue weighted by Gasteiger charge is -2.11. The molecule has 5 nitrogen and oxygen atoms in total. The van der Waals surface area contributed by atoms with Gasteiger partial charge in [0.25, 0.3) is 0 Å². The molecule has 1 aromatic heterocycles. The minimum Gasteiger partial charge on any atom is -0.468 e. The number of carbonyl (C=O) groups excluding carboxylic acids is 1. The Balaban J connectivity index is 2.66. The molecule has 0 amide bonds. The fraction of sp³-hybridized carbons (Fsp3) is 0.400. The molecule has 2 N–H and O–H groups in total. The first kappa shape index (κ1) is 12.9. The molecule has 0 saturated heterocycles. The van der Waals surface area contributed by atoms with Gasteiger partial charge in [0.15, 0.2) is 0 Å². The van der Waals surface area contributed by atoms with Crippen LogP contribution < -0.4 is 4.84 Å². The zero-order valence-electron chi connectivity index (χ0n) is 8.81. The first-order chi connectivity index (χ1) is 7.71. The molecule has 0 aliphatic heterocycles. The Bertz CT molecular complexity index is 342. The fourth-order valence-corrected chi connectivity index (χ4v) is 1.35. The molecule has 88 valence electrons. The number of hydrogen-bond acceptors (Lipinski definition) is 5. The number of ether oxygens (including phenoxy) is 1. The zero-order valence-corrected chi connectivity index (χ0v) is 9.57. The molecule has 6 heteroatoms. The number of nitrogens with zero attached hydrogens (tertiary/aromatic N) is 1. The number of aromatic nitrogens is 1. The van der Waals surface area contributed by atoms with Crippen molar-refractivity contribution in [2.75, 3.05) is 7.11 Å². The van der Waals surface area contributed by atoms with Crippen LogP contribution in [0.3, 0.4) is 0 Å². The number of pyridine rings is 1. The van der Waals surface area contributed by atoms with Crippen molar-refractivity contribution in [2.45, 2.75) is 19.1 Å². The monoisotopic (exact) mass is 244 g/mol. The Kier molecular flexibility index (Phi) is 5.18. The summed E-state index contributed by atoms with van der Waals surface area (Å²) in [6.45, 7) is -0.0541. The van der Waals surface area contributed by atoms with Gasteiger partial charge in [-0.2, -0.15) is 0 Å². The quantitative estimate of drug-likeness (QED) is 0.580. The Morgan fingerprint density at radius 2 is 2.44 bits per heavy atom. The average Bonchev–Trinajstić information content (AvgIpc) is 2.35. The van der Waals surface area contributed by atoms with Gasteiger partial charge >= 0.3 is 5.97 Å². The second kappa shape index (κ2) is 6.42. The van der Waals surface area contributed by atoms with Gasteiger partial charge in [-0.05, 0) is 23.4 Å². The average molecular weight is 245 g/mol. The number of nitrogens with one attached hydrogen (secondary N) is 1. The molecule has 0 unspecified atom stereocenters. The normalized spacial score (nSPS) is 12.2. The van der Waals surface area contributed by atoms with Gasteiger partial charge in [0.2, 0.25) is 0 Å². The molecule has 0 aromatic carbocycles. The lowest BCUT2D eigenvalue weighted by atomic mass is 10.1. The van der Waals surface area contributed by atoms with Gasteiger partial charge in [0.1, 0.15) is 6.04 Å². The van der Waals surface area contributed by atoms with Crippen LogP contribution in [0.5, 0.6) is 0 Å². The van der Waals surface area contributed by atoms with Crippen LogP contribution in [0.2, 0.25) is 0 Å². The van der Waals surface area contributed by atoms with Crippen LogP contribution in [0.4, 0.5) is 0 Å². The highest BCUT2D eigenvalue weighted by Gasteiger charge is 2.18. The number of aliphatic hydroxyl groups is 1. The summed E-state index contributed by atoms with van der Waals surface area (Å²) in [5.74, 6) is -0.442. The maximum atomic E-state index is 11.2. The van der Waals surface area contributed by atoms with E-state index in [1.807, 2.05) is 0 Å². The molecular formula is C10H13ClN2O3. The van der Waals surface area contributed by atoms with Gasteiger partial charge in [-0.15, -0.1) is 0 Å². The number of aliphatic hydroxyl groups excluding tert-OH is 1. The van der Waals surface area contributed by atoms with E-state index in [0.29, 0.717) is 12.1 Å². The van der Waals surface area contributed by atoms with Crippen molar-refractivity contribution in [2.24, 2.45) is 0 Å². The van der Waals surface area contributed by atoms with E-state index in [1.165, 1.54) is 7.11 Å². The number of methoxy groups -OCH3 is 1. The molecule has 0 radical (unpaired) electrons. The van der Waals surface area contributed by atoms with E-state index in [2.05, 4.69) is 14.6 Å². The molecule has 0 bridgehead atoms. The summed E-state index contributed by atoms with van der Waals surface area (Å²) < 4.78 is 4.57. The number of carbonyl (C=O) groups is 1. The molecule has 1 aromatic rings. The van der Waals surface area contributed by atoms with Crippen molar-refractivity contribution in [3.63, 3.8) is 0 Å². The second-order valence-corrected chi connectivity index (χ2v) is 3.42. The van der Waals surface area contributed by atoms with E-state index in [1.54, 1.807) is 18.3 Å². The van der Waals surface area contributed by atoms with E-state index in [-0.39, 0.29) is 6.61 Å². The van der Waals surface area contributed by atoms with Crippen LogP contribution in [0.25, 0.3) is 0 Å². The SMILES string of the molecule is COC(=O)[C@H](Cc1ccc(CO)cn1)NCl. The van der Waals surface area contributed by atoms with Gasteiger partial charge in [-0.1, -0.05) is 6.07 Å². The van der Waals surface area contributed by atoms with Crippen molar-refractivity contribution in [3.8, 4) is 0 Å². The molecule has 0 fully saturated rings. The molecular weight excluding hydrogens is 232 g/mol. The minimum atomic E-state index is -0.626. The summed E-state index contributed by atoms with van der Waals surface area (Å²) >= 11 is 5.43. The molecule has 1 atom stereocenters. The third kappa shape index (κ3) is 3.44. The summed E-state index contributed by atoms with van der Waals surface area (Å²) in [6, 6.07) is 2.85. The standard InChI is InChI=1S/C10H13ClN2O3/c1-16-10(15)9(13-11)4-8-3-2-7(6-14)5-12-8/h2-3,5,9,13-14H,4,6H2,1H3/t9-/m0/s1. The summed E-state index contributed by atoms with van der Waals surface area (Å²) in [5.41, 5.74) is 1.41. The number of halogens is 1. The van der Waals surface area contributed by atoms with Crippen molar-refractivity contribution in [1.82, 2.24) is 9.82 Å². The highest BCUT2D eigenvalue weighted by atomic mass is 35.5. The Morgan fingerprint density at radius 1 is 1.69 bits per heavy atom. The molecule has 0 aliphatic rings. The molecule has 0 aliphatic carbocycles. The number of rotatable bonds is 5. The fourth-order valence-electron chi connectivity index (χ4n) is 1.19. The number of hydrogen-bond donors (Lipinski definition) is 2.